The van der Waals surface area contributed by atoms with Crippen molar-refractivity contribution < 1.29 is 32.6 Å². The van der Waals surface area contributed by atoms with Crippen LogP contribution in [-0.2, 0) is 22.3 Å². The van der Waals surface area contributed by atoms with Crippen molar-refractivity contribution in [2.24, 2.45) is 5.41 Å². The van der Waals surface area contributed by atoms with E-state index in [-0.39, 0.29) is 12.1 Å². The average molecular weight is 375 g/mol. The lowest BCUT2D eigenvalue weighted by atomic mass is 9.93. The molecule has 5 nitrogen and oxygen atoms in total. The van der Waals surface area contributed by atoms with Crippen LogP contribution in [0.3, 0.4) is 0 Å². The van der Waals surface area contributed by atoms with Crippen LogP contribution >= 0.6 is 0 Å². The molecule has 1 amide bonds. The summed E-state index contributed by atoms with van der Waals surface area (Å²) < 4.78 is 44.9. The molecule has 0 spiro atoms. The van der Waals surface area contributed by atoms with E-state index >= 15 is 0 Å². The predicted octanol–water partition coefficient (Wildman–Crippen LogP) is 4.55. The Kier molecular flexibility index (Phi) is 6.33. The first kappa shape index (κ1) is 21.8. The summed E-state index contributed by atoms with van der Waals surface area (Å²) in [6.45, 7) is 6.93. The van der Waals surface area contributed by atoms with Crippen molar-refractivity contribution in [3.05, 3.63) is 35.4 Å². The summed E-state index contributed by atoms with van der Waals surface area (Å²) in [4.78, 5) is 24.8. The number of hydrogen-bond donors (Lipinski definition) is 1. The Hall–Kier alpha value is -2.25. The molecule has 0 saturated carbocycles. The van der Waals surface area contributed by atoms with E-state index in [1.807, 2.05) is 0 Å². The van der Waals surface area contributed by atoms with Gasteiger partial charge in [0, 0.05) is 13.1 Å². The molecule has 0 aliphatic carbocycles. The van der Waals surface area contributed by atoms with Gasteiger partial charge in [-0.15, -0.1) is 0 Å². The van der Waals surface area contributed by atoms with Gasteiger partial charge in [0.15, 0.2) is 0 Å². The topological polar surface area (TPSA) is 66.8 Å². The highest BCUT2D eigenvalue weighted by Crippen LogP contribution is 2.33. The van der Waals surface area contributed by atoms with Crippen LogP contribution in [0.5, 0.6) is 0 Å². The Morgan fingerprint density at radius 1 is 1.08 bits per heavy atom. The molecule has 1 aromatic rings. The van der Waals surface area contributed by atoms with Crippen LogP contribution in [0.15, 0.2) is 24.3 Å². The number of hydrogen-bond acceptors (Lipinski definition) is 3. The van der Waals surface area contributed by atoms with Gasteiger partial charge < -0.3 is 14.7 Å². The number of halogens is 3. The van der Waals surface area contributed by atoms with E-state index in [4.69, 9.17) is 4.74 Å². The van der Waals surface area contributed by atoms with E-state index in [9.17, 15) is 27.9 Å². The van der Waals surface area contributed by atoms with Crippen molar-refractivity contribution in [1.82, 2.24) is 4.90 Å². The van der Waals surface area contributed by atoms with E-state index in [1.165, 1.54) is 32.0 Å². The first-order chi connectivity index (χ1) is 11.6. The number of alkyl halides is 3. The fourth-order valence-corrected chi connectivity index (χ4v) is 2.20. The second-order valence-electron chi connectivity index (χ2n) is 7.68. The maximum atomic E-state index is 13.2. The van der Waals surface area contributed by atoms with Crippen LogP contribution in [0.25, 0.3) is 0 Å². The summed E-state index contributed by atoms with van der Waals surface area (Å²) in [5, 5.41) is 9.30. The van der Waals surface area contributed by atoms with Gasteiger partial charge in [-0.3, -0.25) is 4.79 Å². The molecule has 1 aromatic carbocycles. The molecule has 0 unspecified atom stereocenters. The smallest absolute Gasteiger partial charge is 0.416 e. The molecule has 1 rings (SSSR count). The van der Waals surface area contributed by atoms with Crippen LogP contribution in [0.4, 0.5) is 18.0 Å². The Morgan fingerprint density at radius 3 is 2.08 bits per heavy atom. The van der Waals surface area contributed by atoms with Crippen molar-refractivity contribution in [2.45, 2.75) is 52.9 Å². The molecule has 0 bridgehead atoms. The van der Waals surface area contributed by atoms with Gasteiger partial charge in [-0.05, 0) is 46.2 Å². The van der Waals surface area contributed by atoms with Crippen molar-refractivity contribution in [1.29, 1.82) is 0 Å². The Labute approximate surface area is 150 Å². The van der Waals surface area contributed by atoms with Crippen molar-refractivity contribution in [3.63, 3.8) is 0 Å². The number of amides is 1. The van der Waals surface area contributed by atoms with Gasteiger partial charge in [-0.2, -0.15) is 13.2 Å². The molecule has 0 aromatic heterocycles. The molecule has 26 heavy (non-hydrogen) atoms. The number of carboxylic acid groups (broad SMARTS) is 1. The standard InChI is InChI=1S/C18H24F3NO4/c1-16(2,3)26-15(25)22(11-17(4,5)14(23)24)10-12-8-6-7-9-13(12)18(19,20)21/h6-9H,10-11H2,1-5H3,(H,23,24). The van der Waals surface area contributed by atoms with Gasteiger partial charge in [0.1, 0.15) is 5.60 Å². The molecule has 0 saturated heterocycles. The van der Waals surface area contributed by atoms with E-state index in [0.29, 0.717) is 0 Å². The summed E-state index contributed by atoms with van der Waals surface area (Å²) >= 11 is 0. The molecule has 0 fully saturated rings. The summed E-state index contributed by atoms with van der Waals surface area (Å²) in [6, 6.07) is 4.87. The van der Waals surface area contributed by atoms with Crippen molar-refractivity contribution >= 4 is 12.1 Å². The highest BCUT2D eigenvalue weighted by Gasteiger charge is 2.37. The van der Waals surface area contributed by atoms with E-state index in [1.54, 1.807) is 20.8 Å². The van der Waals surface area contributed by atoms with Crippen molar-refractivity contribution in [2.75, 3.05) is 6.54 Å². The minimum Gasteiger partial charge on any atom is -0.481 e. The number of nitrogens with zero attached hydrogens (tertiary/aromatic N) is 1. The van der Waals surface area contributed by atoms with E-state index in [2.05, 4.69) is 0 Å². The molecule has 0 atom stereocenters. The molecule has 0 heterocycles. The number of ether oxygens (including phenoxy) is 1. The average Bonchev–Trinajstić information content (AvgIpc) is 2.43. The number of carbonyl (C=O) groups is 2. The van der Waals surface area contributed by atoms with Crippen LogP contribution in [0.1, 0.15) is 45.7 Å². The zero-order valence-electron chi connectivity index (χ0n) is 15.5. The van der Waals surface area contributed by atoms with Gasteiger partial charge in [0.25, 0.3) is 0 Å². The lowest BCUT2D eigenvalue weighted by molar-refractivity contribution is -0.148. The Balaban J connectivity index is 3.22. The van der Waals surface area contributed by atoms with Gasteiger partial charge >= 0.3 is 18.2 Å². The van der Waals surface area contributed by atoms with Crippen LogP contribution in [-0.4, -0.2) is 34.2 Å². The summed E-state index contributed by atoms with van der Waals surface area (Å²) in [5.41, 5.74) is -3.23. The zero-order valence-corrected chi connectivity index (χ0v) is 15.5. The predicted molar refractivity (Wildman–Crippen MR) is 89.5 cm³/mol. The van der Waals surface area contributed by atoms with Gasteiger partial charge in [0.05, 0.1) is 11.0 Å². The maximum Gasteiger partial charge on any atom is 0.416 e. The summed E-state index contributed by atoms with van der Waals surface area (Å²) in [7, 11) is 0. The fraction of sp³-hybridized carbons (Fsp3) is 0.556. The third-order valence-electron chi connectivity index (χ3n) is 3.50. The van der Waals surface area contributed by atoms with Crippen molar-refractivity contribution in [3.8, 4) is 0 Å². The monoisotopic (exact) mass is 375 g/mol. The largest absolute Gasteiger partial charge is 0.481 e. The highest BCUT2D eigenvalue weighted by atomic mass is 19.4. The minimum absolute atomic E-state index is 0.132. The second kappa shape index (κ2) is 7.55. The highest BCUT2D eigenvalue weighted by molar-refractivity contribution is 5.75. The van der Waals surface area contributed by atoms with Crippen LogP contribution in [0, 0.1) is 5.41 Å². The second-order valence-corrected chi connectivity index (χ2v) is 7.68. The third kappa shape index (κ3) is 6.24. The first-order valence-electron chi connectivity index (χ1n) is 8.00. The van der Waals surface area contributed by atoms with Gasteiger partial charge in [0.2, 0.25) is 0 Å². The minimum atomic E-state index is -4.58. The van der Waals surface area contributed by atoms with Gasteiger partial charge in [-0.25, -0.2) is 4.79 Å². The molecule has 0 radical (unpaired) electrons. The van der Waals surface area contributed by atoms with E-state index < -0.39 is 41.4 Å². The third-order valence-corrected chi connectivity index (χ3v) is 3.50. The molecular formula is C18H24F3NO4. The number of aliphatic carboxylic acids is 1. The maximum absolute atomic E-state index is 13.2. The number of benzene rings is 1. The molecule has 146 valence electrons. The molecule has 0 aliphatic rings. The van der Waals surface area contributed by atoms with Crippen LogP contribution in [0.2, 0.25) is 0 Å². The lowest BCUT2D eigenvalue weighted by Gasteiger charge is -2.32. The SMILES string of the molecule is CC(C)(C)OC(=O)N(Cc1ccccc1C(F)(F)F)CC(C)(C)C(=O)O. The molecule has 0 aliphatic heterocycles. The normalized spacial score (nSPS) is 12.6. The molecular weight excluding hydrogens is 351 g/mol. The number of carboxylic acids is 1. The fourth-order valence-electron chi connectivity index (χ4n) is 2.20. The Morgan fingerprint density at radius 2 is 1.62 bits per heavy atom. The zero-order chi connectivity index (χ0) is 20.3. The molecule has 8 heteroatoms. The molecule has 1 N–H and O–H groups in total. The van der Waals surface area contributed by atoms with E-state index in [0.717, 1.165) is 11.0 Å². The number of rotatable bonds is 5. The quantitative estimate of drug-likeness (QED) is 0.820. The number of carbonyl (C=O) groups excluding carboxylic acids is 1. The van der Waals surface area contributed by atoms with Gasteiger partial charge in [-0.1, -0.05) is 18.2 Å². The summed E-state index contributed by atoms with van der Waals surface area (Å²) in [6.07, 6.45) is -5.46. The van der Waals surface area contributed by atoms with Crippen LogP contribution < -0.4 is 0 Å². The lowest BCUT2D eigenvalue weighted by Crippen LogP contribution is -2.44. The summed E-state index contributed by atoms with van der Waals surface area (Å²) in [5.74, 6) is -1.17. The first-order valence-corrected chi connectivity index (χ1v) is 8.00. The Bertz CT molecular complexity index is 663.